The van der Waals surface area contributed by atoms with Crippen LogP contribution in [0.15, 0.2) is 30.6 Å². The van der Waals surface area contributed by atoms with Gasteiger partial charge in [0.25, 0.3) is 0 Å². The van der Waals surface area contributed by atoms with Gasteiger partial charge >= 0.3 is 0 Å². The van der Waals surface area contributed by atoms with Crippen LogP contribution in [-0.4, -0.2) is 23.7 Å². The average Bonchev–Trinajstić information content (AvgIpc) is 2.86. The summed E-state index contributed by atoms with van der Waals surface area (Å²) in [6.07, 6.45) is 1.71. The van der Waals surface area contributed by atoms with E-state index in [0.29, 0.717) is 17.4 Å². The zero-order chi connectivity index (χ0) is 16.2. The average molecular weight is 343 g/mol. The summed E-state index contributed by atoms with van der Waals surface area (Å²) < 4.78 is 27.5. The van der Waals surface area contributed by atoms with Crippen molar-refractivity contribution in [2.75, 3.05) is 15.8 Å². The summed E-state index contributed by atoms with van der Waals surface area (Å²) in [7, 11) is -3.25. The first-order valence-electron chi connectivity index (χ1n) is 6.99. The van der Waals surface area contributed by atoms with Gasteiger partial charge in [-0.2, -0.15) is 0 Å². The fourth-order valence-electron chi connectivity index (χ4n) is 1.92. The van der Waals surface area contributed by atoms with Crippen LogP contribution in [0.3, 0.4) is 0 Å². The number of rotatable bonds is 7. The first kappa shape index (κ1) is 16.6. The number of aryl methyl sites for hydroxylation is 1. The van der Waals surface area contributed by atoms with E-state index in [9.17, 15) is 8.42 Å². The normalized spacial score (nSPS) is 11.4. The summed E-state index contributed by atoms with van der Waals surface area (Å²) in [5.74, 6) is 0.0481. The molecule has 1 aromatic heterocycles. The molecule has 22 heavy (non-hydrogen) atoms. The van der Waals surface area contributed by atoms with Gasteiger partial charge in [0.15, 0.2) is 5.15 Å². The van der Waals surface area contributed by atoms with Gasteiger partial charge in [0.05, 0.1) is 24.3 Å². The van der Waals surface area contributed by atoms with Gasteiger partial charge in [-0.05, 0) is 38.1 Å². The van der Waals surface area contributed by atoms with Crippen molar-refractivity contribution in [1.29, 1.82) is 0 Å². The molecule has 0 aliphatic rings. The van der Waals surface area contributed by atoms with Crippen molar-refractivity contribution < 1.29 is 8.42 Å². The number of anilines is 2. The first-order chi connectivity index (χ1) is 10.4. The Hall–Kier alpha value is -1.73. The minimum atomic E-state index is -3.25. The summed E-state index contributed by atoms with van der Waals surface area (Å²) in [5, 5.41) is 3.73. The molecule has 2 rings (SSSR count). The third-order valence-corrected chi connectivity index (χ3v) is 4.86. The van der Waals surface area contributed by atoms with E-state index >= 15 is 0 Å². The van der Waals surface area contributed by atoms with E-state index < -0.39 is 10.0 Å². The van der Waals surface area contributed by atoms with Crippen LogP contribution >= 0.6 is 11.6 Å². The van der Waals surface area contributed by atoms with Crippen molar-refractivity contribution in [3.63, 3.8) is 0 Å². The summed E-state index contributed by atoms with van der Waals surface area (Å²) >= 11 is 6.06. The van der Waals surface area contributed by atoms with Crippen LogP contribution in [-0.2, 0) is 23.1 Å². The predicted octanol–water partition coefficient (Wildman–Crippen LogP) is 2.93. The lowest BCUT2D eigenvalue weighted by atomic mass is 10.3. The number of imidazole rings is 1. The van der Waals surface area contributed by atoms with E-state index in [0.717, 1.165) is 17.9 Å². The number of nitrogens with one attached hydrogen (secondary N) is 2. The highest BCUT2D eigenvalue weighted by Crippen LogP contribution is 2.18. The van der Waals surface area contributed by atoms with E-state index in [1.54, 1.807) is 25.4 Å². The van der Waals surface area contributed by atoms with E-state index in [-0.39, 0.29) is 5.75 Å². The van der Waals surface area contributed by atoms with Crippen molar-refractivity contribution in [3.8, 4) is 0 Å². The summed E-state index contributed by atoms with van der Waals surface area (Å²) in [6, 6.07) is 7.06. The molecule has 0 radical (unpaired) electrons. The number of sulfonamides is 1. The SMILES string of the molecule is CCn1cnc(Cl)c1CNc1ccc(NS(=O)(=O)CC)cc1. The monoisotopic (exact) mass is 342 g/mol. The van der Waals surface area contributed by atoms with Gasteiger partial charge in [0.1, 0.15) is 0 Å². The predicted molar refractivity (Wildman–Crippen MR) is 89.8 cm³/mol. The Morgan fingerprint density at radius 1 is 1.18 bits per heavy atom. The number of benzene rings is 1. The molecular weight excluding hydrogens is 324 g/mol. The van der Waals surface area contributed by atoms with Crippen LogP contribution in [0.2, 0.25) is 5.15 Å². The fraction of sp³-hybridized carbons (Fsp3) is 0.357. The van der Waals surface area contributed by atoms with Crippen molar-refractivity contribution in [1.82, 2.24) is 9.55 Å². The zero-order valence-electron chi connectivity index (χ0n) is 12.5. The molecule has 1 aromatic carbocycles. The lowest BCUT2D eigenvalue weighted by Crippen LogP contribution is -2.14. The molecule has 0 amide bonds. The third kappa shape index (κ3) is 4.14. The Morgan fingerprint density at radius 3 is 2.41 bits per heavy atom. The molecular formula is C14H19ClN4O2S. The van der Waals surface area contributed by atoms with Crippen molar-refractivity contribution in [2.24, 2.45) is 0 Å². The standard InChI is InChI=1S/C14H19ClN4O2S/c1-3-19-10-17-14(15)13(19)9-16-11-5-7-12(8-6-11)18-22(20,21)4-2/h5-8,10,16,18H,3-4,9H2,1-2H3. The van der Waals surface area contributed by atoms with Crippen LogP contribution in [0, 0.1) is 0 Å². The highest BCUT2D eigenvalue weighted by atomic mass is 35.5. The molecule has 2 N–H and O–H groups in total. The smallest absolute Gasteiger partial charge is 0.232 e. The summed E-state index contributed by atoms with van der Waals surface area (Å²) in [6.45, 7) is 4.97. The van der Waals surface area contributed by atoms with Crippen molar-refractivity contribution in [3.05, 3.63) is 41.4 Å². The van der Waals surface area contributed by atoms with Crippen LogP contribution in [0.5, 0.6) is 0 Å². The quantitative estimate of drug-likeness (QED) is 0.811. The maximum Gasteiger partial charge on any atom is 0.232 e. The maximum absolute atomic E-state index is 11.5. The fourth-order valence-corrected chi connectivity index (χ4v) is 2.78. The number of nitrogens with zero attached hydrogens (tertiary/aromatic N) is 2. The Balaban J connectivity index is 2.01. The molecule has 6 nitrogen and oxygen atoms in total. The Labute approximate surface area is 135 Å². The second kappa shape index (κ2) is 7.02. The van der Waals surface area contributed by atoms with E-state index in [2.05, 4.69) is 15.0 Å². The van der Waals surface area contributed by atoms with Gasteiger partial charge in [0.2, 0.25) is 10.0 Å². The van der Waals surface area contributed by atoms with Crippen molar-refractivity contribution >= 4 is 33.0 Å². The minimum Gasteiger partial charge on any atom is -0.379 e. The van der Waals surface area contributed by atoms with Gasteiger partial charge in [-0.15, -0.1) is 0 Å². The van der Waals surface area contributed by atoms with Gasteiger partial charge in [-0.25, -0.2) is 13.4 Å². The molecule has 1 heterocycles. The molecule has 0 aliphatic heterocycles. The van der Waals surface area contributed by atoms with Gasteiger partial charge < -0.3 is 9.88 Å². The Bertz CT molecular complexity index is 726. The molecule has 0 spiro atoms. The van der Waals surface area contributed by atoms with Crippen LogP contribution in [0.25, 0.3) is 0 Å². The molecule has 0 bridgehead atoms. The zero-order valence-corrected chi connectivity index (χ0v) is 14.1. The highest BCUT2D eigenvalue weighted by Gasteiger charge is 2.08. The van der Waals surface area contributed by atoms with Gasteiger partial charge in [0, 0.05) is 17.9 Å². The number of hydrogen-bond donors (Lipinski definition) is 2. The lowest BCUT2D eigenvalue weighted by molar-refractivity contribution is 0.602. The van der Waals surface area contributed by atoms with Crippen molar-refractivity contribution in [2.45, 2.75) is 26.9 Å². The van der Waals surface area contributed by atoms with Gasteiger partial charge in [-0.3, -0.25) is 4.72 Å². The number of halogens is 1. The topological polar surface area (TPSA) is 76.0 Å². The molecule has 0 saturated carbocycles. The molecule has 0 fully saturated rings. The van der Waals surface area contributed by atoms with Crippen LogP contribution < -0.4 is 10.0 Å². The second-order valence-corrected chi connectivity index (χ2v) is 7.07. The maximum atomic E-state index is 11.5. The molecule has 0 unspecified atom stereocenters. The molecule has 0 aliphatic carbocycles. The van der Waals surface area contributed by atoms with E-state index in [1.807, 2.05) is 23.6 Å². The molecule has 0 atom stereocenters. The first-order valence-corrected chi connectivity index (χ1v) is 9.02. The number of hydrogen-bond acceptors (Lipinski definition) is 4. The molecule has 2 aromatic rings. The van der Waals surface area contributed by atoms with Crippen LogP contribution in [0.1, 0.15) is 19.5 Å². The second-order valence-electron chi connectivity index (χ2n) is 4.70. The number of aromatic nitrogens is 2. The van der Waals surface area contributed by atoms with E-state index in [1.165, 1.54) is 0 Å². The molecule has 8 heteroatoms. The van der Waals surface area contributed by atoms with Gasteiger partial charge in [-0.1, -0.05) is 11.6 Å². The summed E-state index contributed by atoms with van der Waals surface area (Å²) in [4.78, 5) is 4.08. The molecule has 120 valence electrons. The third-order valence-electron chi connectivity index (χ3n) is 3.23. The summed E-state index contributed by atoms with van der Waals surface area (Å²) in [5.41, 5.74) is 2.34. The lowest BCUT2D eigenvalue weighted by Gasteiger charge is -2.10. The Kier molecular flexibility index (Phi) is 5.31. The largest absolute Gasteiger partial charge is 0.379 e. The van der Waals surface area contributed by atoms with Crippen LogP contribution in [0.4, 0.5) is 11.4 Å². The van der Waals surface area contributed by atoms with E-state index in [4.69, 9.17) is 11.6 Å². The minimum absolute atomic E-state index is 0.0481. The molecule has 0 saturated heterocycles. The Morgan fingerprint density at radius 2 is 1.82 bits per heavy atom. The highest BCUT2D eigenvalue weighted by molar-refractivity contribution is 7.92.